The summed E-state index contributed by atoms with van der Waals surface area (Å²) in [7, 11) is 3.29. The van der Waals surface area contributed by atoms with E-state index in [1.807, 2.05) is 12.1 Å². The van der Waals surface area contributed by atoms with Crippen molar-refractivity contribution in [2.24, 2.45) is 0 Å². The van der Waals surface area contributed by atoms with Crippen LogP contribution in [0.5, 0.6) is 11.5 Å². The molecule has 1 saturated heterocycles. The van der Waals surface area contributed by atoms with Crippen molar-refractivity contribution in [2.75, 3.05) is 140 Å². The van der Waals surface area contributed by atoms with E-state index in [4.69, 9.17) is 56.8 Å². The van der Waals surface area contributed by atoms with Gasteiger partial charge in [-0.15, -0.1) is 6.58 Å². The molecule has 0 amide bonds. The summed E-state index contributed by atoms with van der Waals surface area (Å²) in [5.74, 6) is 1.35. The summed E-state index contributed by atoms with van der Waals surface area (Å²) in [6.07, 6.45) is 4.22. The zero-order chi connectivity index (χ0) is 36.5. The number of aliphatic hydroxyl groups is 1. The molecule has 14 nitrogen and oxygen atoms in total. The molecule has 2 aliphatic heterocycles. The van der Waals surface area contributed by atoms with E-state index in [-0.39, 0.29) is 25.0 Å². The molecule has 1 aromatic carbocycles. The second-order valence-electron chi connectivity index (χ2n) is 13.4. The highest BCUT2D eigenvalue weighted by Crippen LogP contribution is 2.65. The first kappa shape index (κ1) is 41.2. The SMILES string of the molecule is C=CCN1CCC23c4c5ccc(OCOCCOC)c4O[C@H]2[C@@H](OCCOCCOCCOCCOCCOCCOCCOC)CC[C@@]3(O)[C@H]1C5. The van der Waals surface area contributed by atoms with E-state index in [1.54, 1.807) is 14.2 Å². The smallest absolute Gasteiger partial charge is 0.189 e. The van der Waals surface area contributed by atoms with E-state index in [9.17, 15) is 5.11 Å². The summed E-state index contributed by atoms with van der Waals surface area (Å²) in [4.78, 5) is 2.38. The van der Waals surface area contributed by atoms with Gasteiger partial charge >= 0.3 is 0 Å². The zero-order valence-corrected chi connectivity index (χ0v) is 31.2. The Morgan fingerprint density at radius 3 is 1.90 bits per heavy atom. The van der Waals surface area contributed by atoms with Crippen LogP contribution in [0.15, 0.2) is 24.8 Å². The number of hydrogen-bond donors (Lipinski definition) is 1. The third-order valence-corrected chi connectivity index (χ3v) is 10.4. The number of piperidine rings is 1. The topological polar surface area (TPSA) is 134 Å². The maximum atomic E-state index is 12.7. The zero-order valence-electron chi connectivity index (χ0n) is 31.2. The highest BCUT2D eigenvalue weighted by molar-refractivity contribution is 5.63. The molecule has 296 valence electrons. The molecule has 4 aliphatic rings. The van der Waals surface area contributed by atoms with Gasteiger partial charge in [-0.1, -0.05) is 12.1 Å². The lowest BCUT2D eigenvalue weighted by Crippen LogP contribution is -2.77. The lowest BCUT2D eigenvalue weighted by atomic mass is 9.48. The van der Waals surface area contributed by atoms with Gasteiger partial charge in [0.1, 0.15) is 6.10 Å². The molecule has 14 heteroatoms. The van der Waals surface area contributed by atoms with Gasteiger partial charge in [0.15, 0.2) is 18.3 Å². The molecule has 1 aromatic rings. The second-order valence-corrected chi connectivity index (χ2v) is 13.4. The summed E-state index contributed by atoms with van der Waals surface area (Å²) in [5.41, 5.74) is 0.746. The van der Waals surface area contributed by atoms with Gasteiger partial charge in [-0.3, -0.25) is 4.90 Å². The van der Waals surface area contributed by atoms with E-state index in [0.717, 1.165) is 31.5 Å². The first-order valence-corrected chi connectivity index (χ1v) is 18.8. The highest BCUT2D eigenvalue weighted by Gasteiger charge is 2.73. The van der Waals surface area contributed by atoms with Crippen LogP contribution < -0.4 is 9.47 Å². The van der Waals surface area contributed by atoms with Gasteiger partial charge in [-0.25, -0.2) is 0 Å². The Bertz CT molecular complexity index is 1190. The van der Waals surface area contributed by atoms with E-state index in [2.05, 4.69) is 17.5 Å². The number of likely N-dealkylation sites (tertiary alicyclic amines) is 1. The van der Waals surface area contributed by atoms with Crippen molar-refractivity contribution in [3.05, 3.63) is 35.9 Å². The van der Waals surface area contributed by atoms with Crippen LogP contribution >= 0.6 is 0 Å². The van der Waals surface area contributed by atoms with Crippen LogP contribution in [0.1, 0.15) is 30.4 Å². The van der Waals surface area contributed by atoms with Crippen molar-refractivity contribution >= 4 is 0 Å². The number of ether oxygens (including phenoxy) is 12. The maximum absolute atomic E-state index is 12.7. The van der Waals surface area contributed by atoms with Gasteiger partial charge in [0, 0.05) is 32.4 Å². The molecular weight excluding hydrogens is 678 g/mol. The Morgan fingerprint density at radius 1 is 0.769 bits per heavy atom. The van der Waals surface area contributed by atoms with Crippen LogP contribution in [0.3, 0.4) is 0 Å². The van der Waals surface area contributed by atoms with Gasteiger partial charge in [0.25, 0.3) is 0 Å². The molecule has 52 heavy (non-hydrogen) atoms. The quantitative estimate of drug-likeness (QED) is 0.0702. The third kappa shape index (κ3) is 10.0. The van der Waals surface area contributed by atoms with E-state index in [1.165, 1.54) is 5.56 Å². The Labute approximate surface area is 308 Å². The van der Waals surface area contributed by atoms with Crippen LogP contribution in [-0.4, -0.2) is 174 Å². The minimum absolute atomic E-state index is 0.0242. The summed E-state index contributed by atoms with van der Waals surface area (Å²) >= 11 is 0. The fourth-order valence-electron chi connectivity index (χ4n) is 8.15. The number of benzene rings is 1. The number of nitrogens with zero attached hydrogens (tertiary/aromatic N) is 1. The van der Waals surface area contributed by atoms with Crippen LogP contribution in [0.25, 0.3) is 0 Å². The van der Waals surface area contributed by atoms with Gasteiger partial charge in [0.05, 0.1) is 123 Å². The molecule has 1 N–H and O–H groups in total. The third-order valence-electron chi connectivity index (χ3n) is 10.4. The summed E-state index contributed by atoms with van der Waals surface area (Å²) in [5, 5.41) is 12.7. The first-order valence-electron chi connectivity index (χ1n) is 18.8. The molecule has 1 saturated carbocycles. The molecular formula is C38H61NO13. The molecule has 5 rings (SSSR count). The lowest BCUT2D eigenvalue weighted by Gasteiger charge is -2.64. The predicted molar refractivity (Wildman–Crippen MR) is 190 cm³/mol. The number of rotatable bonds is 30. The van der Waals surface area contributed by atoms with Gasteiger partial charge in [-0.05, 0) is 43.9 Å². The van der Waals surface area contributed by atoms with Crippen molar-refractivity contribution in [1.82, 2.24) is 4.90 Å². The molecule has 0 aromatic heterocycles. The van der Waals surface area contributed by atoms with Crippen LogP contribution in [-0.2, 0) is 59.2 Å². The molecule has 2 aliphatic carbocycles. The summed E-state index contributed by atoms with van der Waals surface area (Å²) < 4.78 is 68.3. The van der Waals surface area contributed by atoms with Crippen molar-refractivity contribution in [2.45, 2.75) is 54.9 Å². The maximum Gasteiger partial charge on any atom is 0.189 e. The normalized spacial score (nSPS) is 25.9. The van der Waals surface area contributed by atoms with Crippen molar-refractivity contribution < 1.29 is 61.9 Å². The van der Waals surface area contributed by atoms with Crippen molar-refractivity contribution in [1.29, 1.82) is 0 Å². The monoisotopic (exact) mass is 739 g/mol. The van der Waals surface area contributed by atoms with Gasteiger partial charge in [0.2, 0.25) is 0 Å². The van der Waals surface area contributed by atoms with Crippen molar-refractivity contribution in [3.8, 4) is 11.5 Å². The standard InChI is InChI=1S/C38H61NO13/c1-4-10-39-11-9-37-34-30-5-6-31(51-29-49-15-13-42-3)35(34)52-36(37)32(7-8-38(37,40)33(39)28-30)50-27-26-48-25-24-47-23-22-46-21-20-45-19-18-44-17-16-43-14-12-41-2/h4-6,32-33,36,40H,1,7-29H2,2-3H3/t32-,33+,36-,37?,38+/m0/s1. The Hall–Kier alpha value is -1.92. The van der Waals surface area contributed by atoms with Gasteiger partial charge < -0.3 is 61.9 Å². The molecule has 2 heterocycles. The molecule has 2 bridgehead atoms. The second kappa shape index (κ2) is 21.8. The molecule has 1 unspecified atom stereocenters. The van der Waals surface area contributed by atoms with Crippen LogP contribution in [0, 0.1) is 0 Å². The Morgan fingerprint density at radius 2 is 1.33 bits per heavy atom. The Balaban J connectivity index is 0.997. The molecule has 1 spiro atoms. The molecule has 2 fully saturated rings. The minimum atomic E-state index is -0.954. The van der Waals surface area contributed by atoms with Crippen LogP contribution in [0.2, 0.25) is 0 Å². The highest BCUT2D eigenvalue weighted by atomic mass is 16.7. The predicted octanol–water partition coefficient (Wildman–Crippen LogP) is 2.16. The Kier molecular flexibility index (Phi) is 17.3. The van der Waals surface area contributed by atoms with Crippen molar-refractivity contribution in [3.63, 3.8) is 0 Å². The molecule has 5 atom stereocenters. The fraction of sp³-hybridized carbons (Fsp3) is 0.789. The van der Waals surface area contributed by atoms with E-state index >= 15 is 0 Å². The fourth-order valence-corrected chi connectivity index (χ4v) is 8.15. The summed E-state index contributed by atoms with van der Waals surface area (Å²) in [6.45, 7) is 13.6. The average Bonchev–Trinajstić information content (AvgIpc) is 3.50. The average molecular weight is 740 g/mol. The van der Waals surface area contributed by atoms with Gasteiger partial charge in [-0.2, -0.15) is 0 Å². The molecule has 0 radical (unpaired) electrons. The first-order chi connectivity index (χ1) is 25.6. The largest absolute Gasteiger partial charge is 0.482 e. The van der Waals surface area contributed by atoms with E-state index in [0.29, 0.717) is 130 Å². The number of methoxy groups -OCH3 is 2. The summed E-state index contributed by atoms with van der Waals surface area (Å²) in [6, 6.07) is 4.07. The van der Waals surface area contributed by atoms with Crippen LogP contribution in [0.4, 0.5) is 0 Å². The number of hydrogen-bond acceptors (Lipinski definition) is 14. The lowest BCUT2D eigenvalue weighted by molar-refractivity contribution is -0.215. The van der Waals surface area contributed by atoms with E-state index < -0.39 is 11.0 Å². The minimum Gasteiger partial charge on any atom is -0.482 e.